The Bertz CT molecular complexity index is 474. The Balaban J connectivity index is 1.87. The standard InChI is InChI=1S/C14H25N5O/c1-5-18-6-8-19(9-7-18)10-13(20)15-14-11(2)16-17(4)12(14)3/h5-10H2,1-4H3,(H,15,20). The number of rotatable bonds is 4. The molecule has 0 unspecified atom stereocenters. The van der Waals surface area contributed by atoms with Crippen molar-refractivity contribution in [2.75, 3.05) is 44.6 Å². The van der Waals surface area contributed by atoms with Gasteiger partial charge >= 0.3 is 0 Å². The van der Waals surface area contributed by atoms with Gasteiger partial charge in [-0.1, -0.05) is 6.92 Å². The number of nitrogens with one attached hydrogen (secondary N) is 1. The zero-order chi connectivity index (χ0) is 14.7. The summed E-state index contributed by atoms with van der Waals surface area (Å²) in [5.74, 6) is 0.0501. The summed E-state index contributed by atoms with van der Waals surface area (Å²) in [5, 5.41) is 7.31. The zero-order valence-electron chi connectivity index (χ0n) is 12.9. The Morgan fingerprint density at radius 1 is 1.20 bits per heavy atom. The number of nitrogens with zero attached hydrogens (tertiary/aromatic N) is 4. The van der Waals surface area contributed by atoms with Gasteiger partial charge in [-0.05, 0) is 20.4 Å². The Hall–Kier alpha value is -1.40. The maximum absolute atomic E-state index is 12.1. The number of amides is 1. The van der Waals surface area contributed by atoms with Crippen LogP contribution in [0.2, 0.25) is 0 Å². The predicted octanol–water partition coefficient (Wildman–Crippen LogP) is 0.613. The van der Waals surface area contributed by atoms with Crippen LogP contribution in [0.1, 0.15) is 18.3 Å². The summed E-state index contributed by atoms with van der Waals surface area (Å²) in [4.78, 5) is 16.8. The molecule has 1 saturated heterocycles. The summed E-state index contributed by atoms with van der Waals surface area (Å²) in [6.45, 7) is 11.6. The molecule has 0 bridgehead atoms. The molecule has 2 heterocycles. The molecule has 1 aliphatic heterocycles. The molecule has 0 saturated carbocycles. The minimum Gasteiger partial charge on any atom is -0.322 e. The summed E-state index contributed by atoms with van der Waals surface area (Å²) < 4.78 is 1.80. The SMILES string of the molecule is CCN1CCN(CC(=O)Nc2c(C)nn(C)c2C)CC1. The molecule has 6 heteroatoms. The van der Waals surface area contributed by atoms with Gasteiger partial charge in [-0.2, -0.15) is 5.10 Å². The lowest BCUT2D eigenvalue weighted by Gasteiger charge is -2.33. The van der Waals surface area contributed by atoms with E-state index in [1.54, 1.807) is 4.68 Å². The van der Waals surface area contributed by atoms with Crippen molar-refractivity contribution in [3.63, 3.8) is 0 Å². The van der Waals surface area contributed by atoms with E-state index in [-0.39, 0.29) is 5.91 Å². The number of piperazine rings is 1. The van der Waals surface area contributed by atoms with Crippen molar-refractivity contribution in [1.82, 2.24) is 19.6 Å². The van der Waals surface area contributed by atoms with Crippen LogP contribution < -0.4 is 5.32 Å². The number of carbonyl (C=O) groups is 1. The molecular weight excluding hydrogens is 254 g/mol. The number of aryl methyl sites for hydroxylation is 2. The van der Waals surface area contributed by atoms with E-state index in [0.29, 0.717) is 6.54 Å². The van der Waals surface area contributed by atoms with Crippen molar-refractivity contribution in [2.24, 2.45) is 7.05 Å². The van der Waals surface area contributed by atoms with Crippen LogP contribution >= 0.6 is 0 Å². The first kappa shape index (κ1) is 15.0. The molecule has 0 radical (unpaired) electrons. The first-order valence-corrected chi connectivity index (χ1v) is 7.26. The second kappa shape index (κ2) is 6.37. The van der Waals surface area contributed by atoms with E-state index in [1.165, 1.54) is 0 Å². The van der Waals surface area contributed by atoms with Gasteiger partial charge in [0.05, 0.1) is 23.6 Å². The van der Waals surface area contributed by atoms with Gasteiger partial charge in [0.25, 0.3) is 0 Å². The molecule has 1 N–H and O–H groups in total. The first-order chi connectivity index (χ1) is 9.51. The normalized spacial score (nSPS) is 17.4. The van der Waals surface area contributed by atoms with Crippen LogP contribution in [0.15, 0.2) is 0 Å². The quantitative estimate of drug-likeness (QED) is 0.877. The maximum atomic E-state index is 12.1. The van der Waals surface area contributed by atoms with Crippen molar-refractivity contribution < 1.29 is 4.79 Å². The summed E-state index contributed by atoms with van der Waals surface area (Å²) in [6.07, 6.45) is 0. The molecule has 20 heavy (non-hydrogen) atoms. The minimum absolute atomic E-state index is 0.0501. The second-order valence-electron chi connectivity index (χ2n) is 5.43. The lowest BCUT2D eigenvalue weighted by atomic mass is 10.3. The van der Waals surface area contributed by atoms with Crippen molar-refractivity contribution >= 4 is 11.6 Å². The zero-order valence-corrected chi connectivity index (χ0v) is 12.9. The van der Waals surface area contributed by atoms with Crippen molar-refractivity contribution in [1.29, 1.82) is 0 Å². The number of carbonyl (C=O) groups excluding carboxylic acids is 1. The van der Waals surface area contributed by atoms with Gasteiger partial charge in [-0.25, -0.2) is 0 Å². The number of hydrogen-bond acceptors (Lipinski definition) is 4. The van der Waals surface area contributed by atoms with Crippen molar-refractivity contribution in [3.8, 4) is 0 Å². The molecule has 2 rings (SSSR count). The van der Waals surface area contributed by atoms with Gasteiger partial charge in [0.15, 0.2) is 0 Å². The van der Waals surface area contributed by atoms with E-state index in [1.807, 2.05) is 20.9 Å². The Morgan fingerprint density at radius 2 is 1.80 bits per heavy atom. The monoisotopic (exact) mass is 279 g/mol. The highest BCUT2D eigenvalue weighted by atomic mass is 16.2. The molecule has 0 aromatic carbocycles. The molecule has 1 aromatic heterocycles. The van der Waals surface area contributed by atoms with Crippen LogP contribution in [0.25, 0.3) is 0 Å². The van der Waals surface area contributed by atoms with E-state index in [0.717, 1.165) is 49.8 Å². The highest BCUT2D eigenvalue weighted by Crippen LogP contribution is 2.18. The third-order valence-electron chi connectivity index (χ3n) is 4.05. The van der Waals surface area contributed by atoms with Crippen LogP contribution in [0.4, 0.5) is 5.69 Å². The van der Waals surface area contributed by atoms with Crippen LogP contribution in [-0.4, -0.2) is 64.8 Å². The molecule has 1 aliphatic rings. The molecular formula is C14H25N5O. The molecule has 0 spiro atoms. The Labute approximate surface area is 120 Å². The highest BCUT2D eigenvalue weighted by Gasteiger charge is 2.19. The molecule has 1 amide bonds. The van der Waals surface area contributed by atoms with Crippen LogP contribution in [-0.2, 0) is 11.8 Å². The van der Waals surface area contributed by atoms with Crippen LogP contribution in [0, 0.1) is 13.8 Å². The summed E-state index contributed by atoms with van der Waals surface area (Å²) in [5.41, 5.74) is 2.71. The molecule has 0 aliphatic carbocycles. The van der Waals surface area contributed by atoms with E-state index in [9.17, 15) is 4.79 Å². The number of hydrogen-bond donors (Lipinski definition) is 1. The van der Waals surface area contributed by atoms with Gasteiger partial charge in [-0.3, -0.25) is 14.4 Å². The lowest BCUT2D eigenvalue weighted by Crippen LogP contribution is -2.48. The Morgan fingerprint density at radius 3 is 2.30 bits per heavy atom. The summed E-state index contributed by atoms with van der Waals surface area (Å²) in [6, 6.07) is 0. The smallest absolute Gasteiger partial charge is 0.238 e. The molecule has 0 atom stereocenters. The lowest BCUT2D eigenvalue weighted by molar-refractivity contribution is -0.117. The largest absolute Gasteiger partial charge is 0.322 e. The van der Waals surface area contributed by atoms with Gasteiger partial charge < -0.3 is 10.2 Å². The van der Waals surface area contributed by atoms with E-state index >= 15 is 0 Å². The highest BCUT2D eigenvalue weighted by molar-refractivity contribution is 5.93. The fourth-order valence-corrected chi connectivity index (χ4v) is 2.60. The van der Waals surface area contributed by atoms with Crippen molar-refractivity contribution in [2.45, 2.75) is 20.8 Å². The molecule has 112 valence electrons. The first-order valence-electron chi connectivity index (χ1n) is 7.26. The van der Waals surface area contributed by atoms with Crippen LogP contribution in [0.5, 0.6) is 0 Å². The van der Waals surface area contributed by atoms with Gasteiger partial charge in [0.2, 0.25) is 5.91 Å². The summed E-state index contributed by atoms with van der Waals surface area (Å²) in [7, 11) is 1.89. The second-order valence-corrected chi connectivity index (χ2v) is 5.43. The average Bonchev–Trinajstić information content (AvgIpc) is 2.66. The minimum atomic E-state index is 0.0501. The third-order valence-corrected chi connectivity index (χ3v) is 4.05. The maximum Gasteiger partial charge on any atom is 0.238 e. The van der Waals surface area contributed by atoms with Crippen LogP contribution in [0.3, 0.4) is 0 Å². The fourth-order valence-electron chi connectivity index (χ4n) is 2.60. The molecule has 1 aromatic rings. The number of anilines is 1. The van der Waals surface area contributed by atoms with Gasteiger partial charge in [-0.15, -0.1) is 0 Å². The van der Waals surface area contributed by atoms with E-state index in [2.05, 4.69) is 27.1 Å². The predicted molar refractivity (Wildman–Crippen MR) is 79.9 cm³/mol. The van der Waals surface area contributed by atoms with Gasteiger partial charge in [0.1, 0.15) is 0 Å². The topological polar surface area (TPSA) is 53.4 Å². The Kier molecular flexibility index (Phi) is 4.77. The molecule has 1 fully saturated rings. The number of aromatic nitrogens is 2. The molecule has 6 nitrogen and oxygen atoms in total. The fraction of sp³-hybridized carbons (Fsp3) is 0.714. The van der Waals surface area contributed by atoms with E-state index < -0.39 is 0 Å². The van der Waals surface area contributed by atoms with E-state index in [4.69, 9.17) is 0 Å². The summed E-state index contributed by atoms with van der Waals surface area (Å²) >= 11 is 0. The van der Waals surface area contributed by atoms with Gasteiger partial charge in [0, 0.05) is 33.2 Å². The average molecular weight is 279 g/mol. The third kappa shape index (κ3) is 3.37. The van der Waals surface area contributed by atoms with Crippen molar-refractivity contribution in [3.05, 3.63) is 11.4 Å². The number of likely N-dealkylation sites (N-methyl/N-ethyl adjacent to an activating group) is 1.